The van der Waals surface area contributed by atoms with Gasteiger partial charge in [-0.05, 0) is 36.6 Å². The predicted molar refractivity (Wildman–Crippen MR) is 151 cm³/mol. The number of aromatic nitrogens is 1. The third-order valence-corrected chi connectivity index (χ3v) is 6.34. The van der Waals surface area contributed by atoms with E-state index in [1.165, 1.54) is 11.1 Å². The van der Waals surface area contributed by atoms with Crippen molar-refractivity contribution >= 4 is 39.3 Å². The maximum Gasteiger partial charge on any atom is 0.499 e. The summed E-state index contributed by atoms with van der Waals surface area (Å²) < 4.78 is 9.86. The van der Waals surface area contributed by atoms with E-state index in [1.54, 1.807) is 0 Å². The number of pyridine rings is 1. The molecule has 1 radical (unpaired) electrons. The third kappa shape index (κ3) is 5.72. The fraction of sp³-hybridized carbons (Fsp3) is 0.0588. The summed E-state index contributed by atoms with van der Waals surface area (Å²) in [6.45, 7) is 4.12. The zero-order chi connectivity index (χ0) is 25.9. The van der Waals surface area contributed by atoms with Crippen molar-refractivity contribution in [3.05, 3.63) is 139 Å². The number of aryl methyl sites for hydroxylation is 2. The first-order valence-corrected chi connectivity index (χ1v) is 12.5. The van der Waals surface area contributed by atoms with Gasteiger partial charge >= 0.3 is 6.01 Å². The normalized spacial score (nSPS) is 11.9. The minimum atomic E-state index is 0. The van der Waals surface area contributed by atoms with E-state index in [-0.39, 0.29) is 20.1 Å². The van der Waals surface area contributed by atoms with Crippen molar-refractivity contribution in [2.45, 2.75) is 13.8 Å². The number of rotatable bonds is 3. The van der Waals surface area contributed by atoms with Gasteiger partial charge in [0.05, 0.1) is 0 Å². The monoisotopic (exact) mass is 684 g/mol. The van der Waals surface area contributed by atoms with Gasteiger partial charge in [0.25, 0.3) is 12.4 Å². The van der Waals surface area contributed by atoms with Crippen LogP contribution in [0.15, 0.2) is 120 Å². The summed E-state index contributed by atoms with van der Waals surface area (Å²) >= 11 is 0. The van der Waals surface area contributed by atoms with E-state index in [0.717, 1.165) is 44.6 Å². The van der Waals surface area contributed by atoms with Crippen LogP contribution in [-0.4, -0.2) is 20.1 Å². The van der Waals surface area contributed by atoms with Crippen LogP contribution >= 0.6 is 0 Å². The van der Waals surface area contributed by atoms with E-state index in [1.807, 2.05) is 95.3 Å². The molecule has 4 nitrogen and oxygen atoms in total. The Morgan fingerprint density at radius 3 is 2.28 bits per heavy atom. The Morgan fingerprint density at radius 1 is 0.744 bits per heavy atom. The molecule has 191 valence electrons. The van der Waals surface area contributed by atoms with E-state index >= 15 is 0 Å². The van der Waals surface area contributed by atoms with Crippen molar-refractivity contribution in [1.82, 2.24) is 4.98 Å². The summed E-state index contributed by atoms with van der Waals surface area (Å²) in [5.41, 5.74) is 8.18. The number of nitrogens with zero attached hydrogens (tertiary/aromatic N) is 3. The number of hydrogen-bond acceptors (Lipinski definition) is 2. The molecule has 0 atom stereocenters. The number of benzene rings is 4. The molecule has 1 aliphatic rings. The largest absolute Gasteiger partial charge is 0.499 e. The van der Waals surface area contributed by atoms with Gasteiger partial charge in [-0.25, -0.2) is 0 Å². The van der Waals surface area contributed by atoms with Crippen LogP contribution < -0.4 is 0 Å². The summed E-state index contributed by atoms with van der Waals surface area (Å²) in [6.07, 6.45) is 5.83. The molecule has 0 amide bonds. The standard InChI is InChI=1S/C22H15N2O.C12H10N.Ir/c1-16-6-8-17(9-7-16)23-12-13-24(15-23)18-10-11-20-19-4-2-3-5-21(19)25-22(20)14-18;1-10-7-8-12(13-9-10)11-5-3-2-4-6-11;/h2-9,11-14H,1H3;2-5,7-9H,1H3;/q+1;-1;. The topological polar surface area (TPSA) is 32.0 Å². The molecule has 0 unspecified atom stereocenters. The average molecular weight is 684 g/mol. The quantitative estimate of drug-likeness (QED) is 0.139. The first kappa shape index (κ1) is 26.2. The molecule has 3 heterocycles. The van der Waals surface area contributed by atoms with E-state index < -0.39 is 0 Å². The second-order valence-corrected chi connectivity index (χ2v) is 9.17. The molecular formula is C34H25IrN3O. The molecule has 7 rings (SSSR count). The predicted octanol–water partition coefficient (Wildman–Crippen LogP) is 8.20. The number of furan rings is 1. The Bertz CT molecular complexity index is 1850. The molecule has 0 saturated carbocycles. The SMILES string of the molecule is Cc1ccc(-c2[c-]cccc2)nc1.Cc1ccc([N+]2=C=[N+](c3[c-]cc4c(c3)oc3ccccc34)C=C2)cc1.[Ir]. The van der Waals surface area contributed by atoms with Crippen LogP contribution in [-0.2, 0) is 20.1 Å². The first-order chi connectivity index (χ1) is 18.6. The zero-order valence-corrected chi connectivity index (χ0v) is 23.9. The first-order valence-electron chi connectivity index (χ1n) is 12.5. The van der Waals surface area contributed by atoms with Crippen LogP contribution in [0.4, 0.5) is 11.4 Å². The Hall–Kier alpha value is -4.40. The van der Waals surface area contributed by atoms with Crippen molar-refractivity contribution in [1.29, 1.82) is 0 Å². The minimum Gasteiger partial charge on any atom is -0.483 e. The molecule has 6 aromatic rings. The van der Waals surface area contributed by atoms with Crippen molar-refractivity contribution in [2.75, 3.05) is 0 Å². The van der Waals surface area contributed by atoms with Gasteiger partial charge in [-0.15, -0.1) is 42.0 Å². The van der Waals surface area contributed by atoms with Gasteiger partial charge in [-0.1, -0.05) is 68.6 Å². The molecule has 0 bridgehead atoms. The minimum absolute atomic E-state index is 0. The zero-order valence-electron chi connectivity index (χ0n) is 21.6. The van der Waals surface area contributed by atoms with Crippen LogP contribution in [0.1, 0.15) is 11.1 Å². The van der Waals surface area contributed by atoms with E-state index in [2.05, 4.69) is 66.4 Å². The summed E-state index contributed by atoms with van der Waals surface area (Å²) in [4.78, 5) is 4.32. The van der Waals surface area contributed by atoms with Crippen LogP contribution in [0.5, 0.6) is 0 Å². The van der Waals surface area contributed by atoms with Crippen LogP contribution in [0.25, 0.3) is 33.2 Å². The molecule has 0 fully saturated rings. The summed E-state index contributed by atoms with van der Waals surface area (Å²) in [7, 11) is 0. The Labute approximate surface area is 241 Å². The van der Waals surface area contributed by atoms with Crippen molar-refractivity contribution in [3.63, 3.8) is 0 Å². The maximum absolute atomic E-state index is 5.97. The summed E-state index contributed by atoms with van der Waals surface area (Å²) in [5.74, 6) is 0. The Balaban J connectivity index is 0.000000187. The molecular weight excluding hydrogens is 659 g/mol. The van der Waals surface area contributed by atoms with Crippen LogP contribution in [0.2, 0.25) is 0 Å². The average Bonchev–Trinajstić information content (AvgIpc) is 3.60. The van der Waals surface area contributed by atoms with Gasteiger partial charge in [0.2, 0.25) is 5.69 Å². The smallest absolute Gasteiger partial charge is 0.483 e. The second-order valence-electron chi connectivity index (χ2n) is 9.17. The van der Waals surface area contributed by atoms with Crippen LogP contribution in [0.3, 0.4) is 0 Å². The van der Waals surface area contributed by atoms with Crippen LogP contribution in [0, 0.1) is 26.0 Å². The van der Waals surface area contributed by atoms with Crippen molar-refractivity contribution in [3.8, 4) is 11.3 Å². The van der Waals surface area contributed by atoms with E-state index in [9.17, 15) is 0 Å². The number of hydrogen-bond donors (Lipinski definition) is 0. The van der Waals surface area contributed by atoms with Gasteiger partial charge in [0.15, 0.2) is 0 Å². The van der Waals surface area contributed by atoms with Gasteiger partial charge in [0.1, 0.15) is 11.3 Å². The molecule has 1 aliphatic heterocycles. The molecule has 2 aromatic heterocycles. The van der Waals surface area contributed by atoms with Gasteiger partial charge in [-0.3, -0.25) is 0 Å². The molecule has 0 aliphatic carbocycles. The number of fused-ring (bicyclic) bond motifs is 3. The van der Waals surface area contributed by atoms with Gasteiger partial charge < -0.3 is 9.40 Å². The number of para-hydroxylation sites is 1. The van der Waals surface area contributed by atoms with Gasteiger partial charge in [-0.2, -0.15) is 6.07 Å². The van der Waals surface area contributed by atoms with Gasteiger partial charge in [0, 0.05) is 44.0 Å². The fourth-order valence-electron chi connectivity index (χ4n) is 4.27. The molecule has 0 N–H and O–H groups in total. The molecule has 5 heteroatoms. The summed E-state index contributed by atoms with van der Waals surface area (Å²) in [5, 5.41) is 2.20. The third-order valence-electron chi connectivity index (χ3n) is 6.34. The summed E-state index contributed by atoms with van der Waals surface area (Å²) in [6, 6.07) is 42.2. The maximum atomic E-state index is 5.97. The Kier molecular flexibility index (Phi) is 7.76. The van der Waals surface area contributed by atoms with E-state index in [0.29, 0.717) is 0 Å². The molecule has 0 saturated heterocycles. The Morgan fingerprint density at radius 2 is 1.51 bits per heavy atom. The van der Waals surface area contributed by atoms with Crippen molar-refractivity contribution < 1.29 is 33.7 Å². The fourth-order valence-corrected chi connectivity index (χ4v) is 4.27. The second kappa shape index (κ2) is 11.6. The van der Waals surface area contributed by atoms with E-state index in [4.69, 9.17) is 4.42 Å². The molecule has 39 heavy (non-hydrogen) atoms. The molecule has 0 spiro atoms. The van der Waals surface area contributed by atoms with Crippen molar-refractivity contribution in [2.24, 2.45) is 0 Å². The molecule has 4 aromatic carbocycles.